The van der Waals surface area contributed by atoms with Crippen LogP contribution in [0.4, 0.5) is 0 Å². The molecule has 3 aromatic rings. The molecule has 0 radical (unpaired) electrons. The number of hydrogen-bond acceptors (Lipinski definition) is 5. The Morgan fingerprint density at radius 1 is 1.09 bits per heavy atom. The average molecular weight is 348 g/mol. The molecule has 2 heterocycles. The van der Waals surface area contributed by atoms with Crippen molar-refractivity contribution in [3.05, 3.63) is 64.1 Å². The fourth-order valence-corrected chi connectivity index (χ4v) is 2.70. The topological polar surface area (TPSA) is 84.2 Å². The van der Waals surface area contributed by atoms with E-state index in [1.54, 1.807) is 24.3 Å². The van der Waals surface area contributed by atoms with Gasteiger partial charge in [0.15, 0.2) is 11.5 Å². The van der Waals surface area contributed by atoms with E-state index in [1.165, 1.54) is 17.4 Å². The van der Waals surface area contributed by atoms with Gasteiger partial charge in [0.05, 0.1) is 15.5 Å². The predicted octanol–water partition coefficient (Wildman–Crippen LogP) is 3.13. The van der Waals surface area contributed by atoms with E-state index in [9.17, 15) is 9.59 Å². The van der Waals surface area contributed by atoms with Crippen molar-refractivity contribution < 1.29 is 14.1 Å². The van der Waals surface area contributed by atoms with Gasteiger partial charge in [0.2, 0.25) is 0 Å². The maximum absolute atomic E-state index is 12.0. The quantitative estimate of drug-likeness (QED) is 0.713. The van der Waals surface area contributed by atoms with Crippen LogP contribution in [-0.2, 0) is 0 Å². The lowest BCUT2D eigenvalue weighted by Gasteiger charge is -2.06. The van der Waals surface area contributed by atoms with Gasteiger partial charge >= 0.3 is 0 Å². The largest absolute Gasteiger partial charge is 0.355 e. The molecule has 0 aliphatic rings. The number of halogens is 1. The van der Waals surface area contributed by atoms with E-state index >= 15 is 0 Å². The van der Waals surface area contributed by atoms with Crippen molar-refractivity contribution in [3.8, 4) is 10.6 Å². The number of aromatic nitrogens is 1. The Hall–Kier alpha value is -2.64. The van der Waals surface area contributed by atoms with Crippen molar-refractivity contribution in [1.82, 2.24) is 16.0 Å². The first-order chi connectivity index (χ1) is 11.1. The zero-order chi connectivity index (χ0) is 16.2. The lowest BCUT2D eigenvalue weighted by atomic mass is 10.2. The maximum atomic E-state index is 12.0. The highest BCUT2D eigenvalue weighted by atomic mass is 35.5. The molecular weight excluding hydrogens is 338 g/mol. The molecule has 0 bridgehead atoms. The van der Waals surface area contributed by atoms with Crippen LogP contribution in [-0.4, -0.2) is 17.0 Å². The van der Waals surface area contributed by atoms with Crippen LogP contribution in [0, 0.1) is 0 Å². The molecule has 0 aliphatic heterocycles. The average Bonchev–Trinajstić information content (AvgIpc) is 3.23. The molecule has 2 amide bonds. The first-order valence-corrected chi connectivity index (χ1v) is 7.77. The lowest BCUT2D eigenvalue weighted by molar-refractivity contribution is 0.0841. The molecule has 8 heteroatoms. The molecule has 0 saturated heterocycles. The molecule has 2 aromatic heterocycles. The first kappa shape index (κ1) is 15.3. The number of benzene rings is 1. The van der Waals surface area contributed by atoms with E-state index in [0.29, 0.717) is 10.8 Å². The Balaban J connectivity index is 1.64. The van der Waals surface area contributed by atoms with E-state index in [-0.39, 0.29) is 11.3 Å². The minimum Gasteiger partial charge on any atom is -0.355 e. The van der Waals surface area contributed by atoms with Gasteiger partial charge in [0, 0.05) is 6.07 Å². The van der Waals surface area contributed by atoms with Crippen molar-refractivity contribution in [3.63, 3.8) is 0 Å². The molecule has 116 valence electrons. The van der Waals surface area contributed by atoms with E-state index in [0.717, 1.165) is 4.88 Å². The number of amides is 2. The summed E-state index contributed by atoms with van der Waals surface area (Å²) < 4.78 is 5.11. The summed E-state index contributed by atoms with van der Waals surface area (Å²) in [7, 11) is 0. The molecule has 2 N–H and O–H groups in total. The smallest absolute Gasteiger partial charge is 0.291 e. The van der Waals surface area contributed by atoms with Crippen molar-refractivity contribution in [2.75, 3.05) is 0 Å². The Labute approximate surface area is 140 Å². The third-order valence-corrected chi connectivity index (χ3v) is 4.13. The third-order valence-electron chi connectivity index (χ3n) is 2.91. The van der Waals surface area contributed by atoms with Crippen LogP contribution in [0.5, 0.6) is 0 Å². The molecule has 23 heavy (non-hydrogen) atoms. The SMILES string of the molecule is O=C(NNC(=O)c1ccccc1Cl)c1cc(-c2cccs2)on1. The van der Waals surface area contributed by atoms with E-state index in [4.69, 9.17) is 16.1 Å². The number of carbonyl (C=O) groups excluding carboxylic acids is 2. The van der Waals surface area contributed by atoms with Gasteiger partial charge in [-0.25, -0.2) is 0 Å². The molecule has 1 aromatic carbocycles. The van der Waals surface area contributed by atoms with Gasteiger partial charge in [0.25, 0.3) is 11.8 Å². The monoisotopic (exact) mass is 347 g/mol. The predicted molar refractivity (Wildman–Crippen MR) is 86.2 cm³/mol. The zero-order valence-electron chi connectivity index (χ0n) is 11.6. The molecule has 0 fully saturated rings. The molecule has 0 aliphatic carbocycles. The van der Waals surface area contributed by atoms with Gasteiger partial charge < -0.3 is 4.52 Å². The van der Waals surface area contributed by atoms with Gasteiger partial charge in [-0.1, -0.05) is 35.0 Å². The molecule has 3 rings (SSSR count). The summed E-state index contributed by atoms with van der Waals surface area (Å²) in [5.41, 5.74) is 4.87. The molecule has 0 atom stereocenters. The van der Waals surface area contributed by atoms with E-state index in [2.05, 4.69) is 16.0 Å². The molecule has 0 saturated carbocycles. The lowest BCUT2D eigenvalue weighted by Crippen LogP contribution is -2.41. The van der Waals surface area contributed by atoms with Crippen LogP contribution in [0.1, 0.15) is 20.8 Å². The maximum Gasteiger partial charge on any atom is 0.291 e. The van der Waals surface area contributed by atoms with E-state index in [1.807, 2.05) is 17.5 Å². The first-order valence-electron chi connectivity index (χ1n) is 6.51. The van der Waals surface area contributed by atoms with Crippen molar-refractivity contribution in [1.29, 1.82) is 0 Å². The highest BCUT2D eigenvalue weighted by molar-refractivity contribution is 7.13. The number of hydrogen-bond donors (Lipinski definition) is 2. The number of hydrazine groups is 1. The summed E-state index contributed by atoms with van der Waals surface area (Å²) in [5.74, 6) is -0.620. The fraction of sp³-hybridized carbons (Fsp3) is 0. The molecular formula is C15H10ClN3O3S. The molecule has 0 spiro atoms. The summed E-state index contributed by atoms with van der Waals surface area (Å²) in [5, 5.41) is 5.87. The summed E-state index contributed by atoms with van der Waals surface area (Å²) in [6, 6.07) is 11.7. The van der Waals surface area contributed by atoms with Gasteiger partial charge in [-0.15, -0.1) is 11.3 Å². The number of carbonyl (C=O) groups is 2. The Kier molecular flexibility index (Phi) is 4.40. The van der Waals surface area contributed by atoms with Crippen molar-refractivity contribution >= 4 is 34.8 Å². The highest BCUT2D eigenvalue weighted by Gasteiger charge is 2.16. The number of rotatable bonds is 3. The Bertz CT molecular complexity index is 845. The van der Waals surface area contributed by atoms with Crippen molar-refractivity contribution in [2.24, 2.45) is 0 Å². The summed E-state index contributed by atoms with van der Waals surface area (Å²) in [6.45, 7) is 0. The Morgan fingerprint density at radius 3 is 2.61 bits per heavy atom. The van der Waals surface area contributed by atoms with Crippen LogP contribution in [0.15, 0.2) is 52.4 Å². The minimum absolute atomic E-state index is 0.0628. The second kappa shape index (κ2) is 6.64. The van der Waals surface area contributed by atoms with Crippen LogP contribution >= 0.6 is 22.9 Å². The standard InChI is InChI=1S/C15H10ClN3O3S/c16-10-5-2-1-4-9(10)14(20)17-18-15(21)11-8-12(22-19-11)13-6-3-7-23-13/h1-8H,(H,17,20)(H,18,21). The number of nitrogens with one attached hydrogen (secondary N) is 2. The third kappa shape index (κ3) is 3.41. The summed E-state index contributed by atoms with van der Waals surface area (Å²) in [6.07, 6.45) is 0. The summed E-state index contributed by atoms with van der Waals surface area (Å²) in [4.78, 5) is 24.8. The van der Waals surface area contributed by atoms with Gasteiger partial charge in [-0.05, 0) is 23.6 Å². The minimum atomic E-state index is -0.586. The van der Waals surface area contributed by atoms with E-state index < -0.39 is 11.8 Å². The normalized spacial score (nSPS) is 10.3. The second-order valence-electron chi connectivity index (χ2n) is 4.44. The zero-order valence-corrected chi connectivity index (χ0v) is 13.1. The van der Waals surface area contributed by atoms with Gasteiger partial charge in [0.1, 0.15) is 0 Å². The Morgan fingerprint density at radius 2 is 1.87 bits per heavy atom. The second-order valence-corrected chi connectivity index (χ2v) is 5.80. The molecule has 0 unspecified atom stereocenters. The summed E-state index contributed by atoms with van der Waals surface area (Å²) >= 11 is 7.38. The van der Waals surface area contributed by atoms with Crippen LogP contribution in [0.2, 0.25) is 5.02 Å². The van der Waals surface area contributed by atoms with Crippen LogP contribution < -0.4 is 10.9 Å². The van der Waals surface area contributed by atoms with Crippen LogP contribution in [0.25, 0.3) is 10.6 Å². The number of nitrogens with zero attached hydrogens (tertiary/aromatic N) is 1. The number of thiophene rings is 1. The molecule has 6 nitrogen and oxygen atoms in total. The van der Waals surface area contributed by atoms with Gasteiger partial charge in [-0.3, -0.25) is 20.4 Å². The van der Waals surface area contributed by atoms with Crippen molar-refractivity contribution in [2.45, 2.75) is 0 Å². The fourth-order valence-electron chi connectivity index (χ4n) is 1.81. The van der Waals surface area contributed by atoms with Gasteiger partial charge in [-0.2, -0.15) is 0 Å². The highest BCUT2D eigenvalue weighted by Crippen LogP contribution is 2.25. The van der Waals surface area contributed by atoms with Crippen LogP contribution in [0.3, 0.4) is 0 Å².